The largest absolute Gasteiger partial charge is 0.493 e. The van der Waals surface area contributed by atoms with Gasteiger partial charge in [-0.15, -0.1) is 0 Å². The van der Waals surface area contributed by atoms with Crippen molar-refractivity contribution in [2.45, 2.75) is 11.5 Å². The molecule has 0 fully saturated rings. The normalized spacial score (nSPS) is 11.3. The zero-order valence-corrected chi connectivity index (χ0v) is 10.7. The van der Waals surface area contributed by atoms with Gasteiger partial charge >= 0.3 is 0 Å². The first-order valence-electron chi connectivity index (χ1n) is 4.79. The number of aliphatic hydroxyl groups is 1. The van der Waals surface area contributed by atoms with Gasteiger partial charge in [0.05, 0.1) is 25.7 Å². The van der Waals surface area contributed by atoms with Crippen molar-refractivity contribution in [3.8, 4) is 11.5 Å². The zero-order chi connectivity index (χ0) is 13.1. The fourth-order valence-corrected chi connectivity index (χ4v) is 2.20. The third kappa shape index (κ3) is 2.68. The highest BCUT2D eigenvalue weighted by Gasteiger charge is 2.18. The molecule has 0 spiro atoms. The second-order valence-corrected chi connectivity index (χ2v) is 5.07. The van der Waals surface area contributed by atoms with Crippen LogP contribution in [0, 0.1) is 0 Å². The Morgan fingerprint density at radius 1 is 1.29 bits per heavy atom. The van der Waals surface area contributed by atoms with E-state index in [0.717, 1.165) is 0 Å². The molecule has 1 rings (SSSR count). The van der Waals surface area contributed by atoms with Gasteiger partial charge in [0.25, 0.3) is 0 Å². The van der Waals surface area contributed by atoms with Gasteiger partial charge in [0, 0.05) is 11.6 Å². The van der Waals surface area contributed by atoms with Crippen molar-refractivity contribution in [3.05, 3.63) is 17.7 Å². The number of hydrogen-bond donors (Lipinski definition) is 2. The number of sulfonamides is 1. The summed E-state index contributed by atoms with van der Waals surface area (Å²) in [5, 5.41) is 9.18. The summed E-state index contributed by atoms with van der Waals surface area (Å²) in [7, 11) is 0.543. The third-order valence-electron chi connectivity index (χ3n) is 2.28. The first kappa shape index (κ1) is 13.8. The molecule has 2 N–H and O–H groups in total. The number of ether oxygens (including phenoxy) is 2. The van der Waals surface area contributed by atoms with E-state index < -0.39 is 10.0 Å². The van der Waals surface area contributed by atoms with Crippen LogP contribution in [0.25, 0.3) is 0 Å². The van der Waals surface area contributed by atoms with Crippen molar-refractivity contribution < 1.29 is 23.0 Å². The standard InChI is InChI=1S/C10H15NO5S/c1-11-17(13,14)8-4-7(6-12)10(16-3)9(5-8)15-2/h4-5,11-12H,6H2,1-3H3. The molecular weight excluding hydrogens is 246 g/mol. The SMILES string of the molecule is CNS(=O)(=O)c1cc(CO)c(OC)c(OC)c1. The summed E-state index contributed by atoms with van der Waals surface area (Å²) in [6.07, 6.45) is 0. The van der Waals surface area contributed by atoms with Crippen LogP contribution < -0.4 is 14.2 Å². The molecule has 0 atom stereocenters. The van der Waals surface area contributed by atoms with Crippen LogP contribution in [-0.2, 0) is 16.6 Å². The number of aliphatic hydroxyl groups excluding tert-OH is 1. The average molecular weight is 261 g/mol. The number of hydrogen-bond acceptors (Lipinski definition) is 5. The Morgan fingerprint density at radius 3 is 2.35 bits per heavy atom. The van der Waals surface area contributed by atoms with Crippen molar-refractivity contribution in [2.24, 2.45) is 0 Å². The molecule has 7 heteroatoms. The second kappa shape index (κ2) is 5.35. The van der Waals surface area contributed by atoms with Gasteiger partial charge in [0.1, 0.15) is 0 Å². The molecule has 0 saturated carbocycles. The van der Waals surface area contributed by atoms with Crippen LogP contribution in [-0.4, -0.2) is 34.8 Å². The molecule has 6 nitrogen and oxygen atoms in total. The molecule has 1 aromatic rings. The van der Waals surface area contributed by atoms with Gasteiger partial charge in [-0.2, -0.15) is 0 Å². The molecule has 0 saturated heterocycles. The molecule has 0 unspecified atom stereocenters. The van der Waals surface area contributed by atoms with Crippen LogP contribution in [0.5, 0.6) is 11.5 Å². The molecule has 1 aromatic carbocycles. The van der Waals surface area contributed by atoms with Crippen molar-refractivity contribution >= 4 is 10.0 Å². The average Bonchev–Trinajstić information content (AvgIpc) is 2.36. The highest BCUT2D eigenvalue weighted by Crippen LogP contribution is 2.34. The molecule has 0 heterocycles. The van der Waals surface area contributed by atoms with Gasteiger partial charge < -0.3 is 14.6 Å². The Bertz CT molecular complexity index is 472. The predicted molar refractivity (Wildman–Crippen MR) is 61.7 cm³/mol. The second-order valence-electron chi connectivity index (χ2n) is 3.18. The summed E-state index contributed by atoms with van der Waals surface area (Å²) in [4.78, 5) is 0.0155. The monoisotopic (exact) mass is 261 g/mol. The third-order valence-corrected chi connectivity index (χ3v) is 3.67. The molecule has 0 aliphatic heterocycles. The maximum atomic E-state index is 11.6. The smallest absolute Gasteiger partial charge is 0.240 e. The van der Waals surface area contributed by atoms with Crippen LogP contribution in [0.2, 0.25) is 0 Å². The lowest BCUT2D eigenvalue weighted by molar-refractivity contribution is 0.269. The predicted octanol–water partition coefficient (Wildman–Crippen LogP) is 0.104. The molecule has 0 radical (unpaired) electrons. The number of nitrogens with one attached hydrogen (secondary N) is 1. The lowest BCUT2D eigenvalue weighted by Crippen LogP contribution is -2.19. The topological polar surface area (TPSA) is 84.9 Å². The number of methoxy groups -OCH3 is 2. The van der Waals surface area contributed by atoms with E-state index in [-0.39, 0.29) is 17.3 Å². The van der Waals surface area contributed by atoms with E-state index in [2.05, 4.69) is 4.72 Å². The first-order valence-corrected chi connectivity index (χ1v) is 6.27. The summed E-state index contributed by atoms with van der Waals surface area (Å²) in [6.45, 7) is -0.341. The summed E-state index contributed by atoms with van der Waals surface area (Å²) in [5.41, 5.74) is 0.348. The van der Waals surface area contributed by atoms with E-state index >= 15 is 0 Å². The van der Waals surface area contributed by atoms with E-state index in [9.17, 15) is 13.5 Å². The summed E-state index contributed by atoms with van der Waals surface area (Å²) in [6, 6.07) is 2.68. The molecule has 0 amide bonds. The molecular formula is C10H15NO5S. The van der Waals surface area contributed by atoms with Crippen molar-refractivity contribution in [1.29, 1.82) is 0 Å². The Morgan fingerprint density at radius 2 is 1.94 bits per heavy atom. The fourth-order valence-electron chi connectivity index (χ4n) is 1.41. The van der Waals surface area contributed by atoms with E-state index in [1.165, 1.54) is 33.4 Å². The summed E-state index contributed by atoms with van der Waals surface area (Å²) < 4.78 is 35.6. The highest BCUT2D eigenvalue weighted by molar-refractivity contribution is 7.89. The van der Waals surface area contributed by atoms with E-state index in [0.29, 0.717) is 11.3 Å². The molecule has 0 bridgehead atoms. The Balaban J connectivity index is 3.48. The lowest BCUT2D eigenvalue weighted by atomic mass is 10.2. The Hall–Kier alpha value is -1.31. The maximum absolute atomic E-state index is 11.6. The van der Waals surface area contributed by atoms with E-state index in [4.69, 9.17) is 9.47 Å². The molecule has 0 aromatic heterocycles. The van der Waals surface area contributed by atoms with Crippen LogP contribution >= 0.6 is 0 Å². The summed E-state index contributed by atoms with van der Waals surface area (Å²) >= 11 is 0. The van der Waals surface area contributed by atoms with Gasteiger partial charge in [-0.05, 0) is 13.1 Å². The Labute approximate surface area is 100 Å². The van der Waals surface area contributed by atoms with Crippen LogP contribution in [0.3, 0.4) is 0 Å². The minimum absolute atomic E-state index is 0.0155. The zero-order valence-electron chi connectivity index (χ0n) is 9.85. The minimum Gasteiger partial charge on any atom is -0.493 e. The Kier molecular flexibility index (Phi) is 4.33. The maximum Gasteiger partial charge on any atom is 0.240 e. The molecule has 0 aliphatic carbocycles. The highest BCUT2D eigenvalue weighted by atomic mass is 32.2. The fraction of sp³-hybridized carbons (Fsp3) is 0.400. The van der Waals surface area contributed by atoms with Crippen molar-refractivity contribution in [1.82, 2.24) is 4.72 Å². The first-order chi connectivity index (χ1) is 8.00. The lowest BCUT2D eigenvalue weighted by Gasteiger charge is -2.13. The van der Waals surface area contributed by atoms with Gasteiger partial charge in [0.2, 0.25) is 10.0 Å². The summed E-state index contributed by atoms with van der Waals surface area (Å²) in [5.74, 6) is 0.581. The van der Waals surface area contributed by atoms with Gasteiger partial charge in [-0.3, -0.25) is 0 Å². The van der Waals surface area contributed by atoms with Gasteiger partial charge in [-0.25, -0.2) is 13.1 Å². The molecule has 17 heavy (non-hydrogen) atoms. The van der Waals surface area contributed by atoms with E-state index in [1.54, 1.807) is 0 Å². The van der Waals surface area contributed by atoms with Crippen molar-refractivity contribution in [2.75, 3.05) is 21.3 Å². The van der Waals surface area contributed by atoms with Crippen LogP contribution in [0.1, 0.15) is 5.56 Å². The molecule has 0 aliphatic rings. The van der Waals surface area contributed by atoms with E-state index in [1.807, 2.05) is 0 Å². The van der Waals surface area contributed by atoms with Crippen LogP contribution in [0.15, 0.2) is 17.0 Å². The number of rotatable bonds is 5. The van der Waals surface area contributed by atoms with Gasteiger partial charge in [0.15, 0.2) is 11.5 Å². The number of benzene rings is 1. The molecule has 96 valence electrons. The van der Waals surface area contributed by atoms with Crippen LogP contribution in [0.4, 0.5) is 0 Å². The van der Waals surface area contributed by atoms with Gasteiger partial charge in [-0.1, -0.05) is 0 Å². The quantitative estimate of drug-likeness (QED) is 0.785. The minimum atomic E-state index is -3.59. The van der Waals surface area contributed by atoms with Crippen molar-refractivity contribution in [3.63, 3.8) is 0 Å².